The van der Waals surface area contributed by atoms with Gasteiger partial charge in [-0.05, 0) is 38.1 Å². The van der Waals surface area contributed by atoms with Crippen molar-refractivity contribution in [2.45, 2.75) is 19.4 Å². The molecule has 1 atom stereocenters. The summed E-state index contributed by atoms with van der Waals surface area (Å²) in [4.78, 5) is 18.4. The molecule has 1 unspecified atom stereocenters. The Bertz CT molecular complexity index is 699. The Kier molecular flexibility index (Phi) is 3.51. The summed E-state index contributed by atoms with van der Waals surface area (Å²) in [6.07, 6.45) is 2.72. The Morgan fingerprint density at radius 2 is 2.33 bits per heavy atom. The van der Waals surface area contributed by atoms with Crippen LogP contribution in [0.5, 0.6) is 5.75 Å². The van der Waals surface area contributed by atoms with Crippen LogP contribution in [-0.4, -0.2) is 42.0 Å². The number of hydrogen-bond donors (Lipinski definition) is 1. The summed E-state index contributed by atoms with van der Waals surface area (Å²) in [6, 6.07) is 5.66. The molecule has 0 aliphatic carbocycles. The summed E-state index contributed by atoms with van der Waals surface area (Å²) in [5, 5.41) is 0.990. The molecule has 5 heteroatoms. The van der Waals surface area contributed by atoms with Gasteiger partial charge in [-0.15, -0.1) is 0 Å². The van der Waals surface area contributed by atoms with Crippen molar-refractivity contribution in [2.75, 3.05) is 20.1 Å². The largest absolute Gasteiger partial charge is 0.486 e. The number of amides is 1. The predicted octanol–water partition coefficient (Wildman–Crippen LogP) is 1.73. The van der Waals surface area contributed by atoms with Gasteiger partial charge in [-0.3, -0.25) is 9.78 Å². The van der Waals surface area contributed by atoms with Gasteiger partial charge in [0, 0.05) is 24.7 Å². The minimum absolute atomic E-state index is 0.0704. The van der Waals surface area contributed by atoms with E-state index in [1.54, 1.807) is 12.3 Å². The molecular formula is C16H19N3O2. The number of rotatable bonds is 3. The van der Waals surface area contributed by atoms with E-state index in [-0.39, 0.29) is 6.10 Å². The number of aromatic nitrogens is 1. The van der Waals surface area contributed by atoms with Crippen LogP contribution in [0.1, 0.15) is 22.3 Å². The van der Waals surface area contributed by atoms with E-state index in [4.69, 9.17) is 10.5 Å². The van der Waals surface area contributed by atoms with Crippen LogP contribution in [0.3, 0.4) is 0 Å². The van der Waals surface area contributed by atoms with E-state index in [0.29, 0.717) is 16.8 Å². The van der Waals surface area contributed by atoms with Gasteiger partial charge >= 0.3 is 0 Å². The number of carbonyl (C=O) groups excluding carboxylic acids is 1. The number of hydrogen-bond acceptors (Lipinski definition) is 4. The quantitative estimate of drug-likeness (QED) is 0.932. The fraction of sp³-hybridized carbons (Fsp3) is 0.375. The second kappa shape index (κ2) is 5.33. The van der Waals surface area contributed by atoms with Crippen LogP contribution < -0.4 is 10.5 Å². The molecular weight excluding hydrogens is 266 g/mol. The third kappa shape index (κ3) is 2.56. The molecule has 1 fully saturated rings. The third-order valence-electron chi connectivity index (χ3n) is 3.95. The van der Waals surface area contributed by atoms with Gasteiger partial charge in [0.05, 0.1) is 5.56 Å². The fourth-order valence-corrected chi connectivity index (χ4v) is 2.85. The van der Waals surface area contributed by atoms with Crippen LogP contribution in [0.25, 0.3) is 10.9 Å². The maximum Gasteiger partial charge on any atom is 0.252 e. The number of primary amides is 1. The van der Waals surface area contributed by atoms with Gasteiger partial charge in [0.2, 0.25) is 0 Å². The molecule has 110 valence electrons. The number of likely N-dealkylation sites (tertiary alicyclic amines) is 1. The van der Waals surface area contributed by atoms with Crippen LogP contribution in [0.2, 0.25) is 0 Å². The van der Waals surface area contributed by atoms with Crippen molar-refractivity contribution in [3.8, 4) is 5.75 Å². The molecule has 1 aliphatic heterocycles. The first-order valence-corrected chi connectivity index (χ1v) is 7.09. The number of aryl methyl sites for hydroxylation is 1. The molecule has 0 saturated carbocycles. The van der Waals surface area contributed by atoms with E-state index in [9.17, 15) is 4.79 Å². The van der Waals surface area contributed by atoms with Crippen molar-refractivity contribution in [3.63, 3.8) is 0 Å². The molecule has 0 spiro atoms. The molecule has 1 aliphatic rings. The van der Waals surface area contributed by atoms with Gasteiger partial charge in [-0.25, -0.2) is 0 Å². The Morgan fingerprint density at radius 1 is 1.52 bits per heavy atom. The number of nitrogens with zero attached hydrogens (tertiary/aromatic N) is 2. The highest BCUT2D eigenvalue weighted by Crippen LogP contribution is 2.32. The van der Waals surface area contributed by atoms with E-state index in [1.807, 2.05) is 19.1 Å². The number of ether oxygens (including phenoxy) is 1. The summed E-state index contributed by atoms with van der Waals surface area (Å²) in [5.74, 6) is 0.0380. The average molecular weight is 285 g/mol. The molecule has 1 saturated heterocycles. The normalized spacial score (nSPS) is 19.0. The lowest BCUT2D eigenvalue weighted by Gasteiger charge is -2.18. The Labute approximate surface area is 123 Å². The van der Waals surface area contributed by atoms with Gasteiger partial charge < -0.3 is 15.4 Å². The second-order valence-corrected chi connectivity index (χ2v) is 5.62. The highest BCUT2D eigenvalue weighted by Gasteiger charge is 2.25. The zero-order chi connectivity index (χ0) is 15.0. The van der Waals surface area contributed by atoms with Gasteiger partial charge in [0.15, 0.2) is 5.75 Å². The number of carbonyl (C=O) groups is 1. The number of benzene rings is 1. The predicted molar refractivity (Wildman–Crippen MR) is 81.5 cm³/mol. The van der Waals surface area contributed by atoms with Crippen LogP contribution in [-0.2, 0) is 0 Å². The summed E-state index contributed by atoms with van der Waals surface area (Å²) < 4.78 is 6.10. The SMILES string of the molecule is Cc1cc(C(N)=O)c(OC2CCN(C)C2)c2ncccc12. The standard InChI is InChI=1S/C16H19N3O2/c1-10-8-13(16(17)20)15(14-12(10)4-3-6-18-14)21-11-5-7-19(2)9-11/h3-4,6,8,11H,5,7,9H2,1-2H3,(H2,17,20). The molecule has 21 heavy (non-hydrogen) atoms. The summed E-state index contributed by atoms with van der Waals surface area (Å²) in [6.45, 7) is 3.79. The van der Waals surface area contributed by atoms with E-state index >= 15 is 0 Å². The lowest BCUT2D eigenvalue weighted by Crippen LogP contribution is -2.23. The van der Waals surface area contributed by atoms with Crippen LogP contribution in [0.15, 0.2) is 24.4 Å². The maximum atomic E-state index is 11.8. The Balaban J connectivity index is 2.11. The molecule has 2 N–H and O–H groups in total. The van der Waals surface area contributed by atoms with E-state index < -0.39 is 5.91 Å². The van der Waals surface area contributed by atoms with Crippen molar-refractivity contribution >= 4 is 16.8 Å². The average Bonchev–Trinajstić information content (AvgIpc) is 2.87. The minimum Gasteiger partial charge on any atom is -0.486 e. The highest BCUT2D eigenvalue weighted by atomic mass is 16.5. The van der Waals surface area contributed by atoms with Crippen LogP contribution in [0.4, 0.5) is 0 Å². The first-order valence-electron chi connectivity index (χ1n) is 7.09. The van der Waals surface area contributed by atoms with Gasteiger partial charge in [-0.1, -0.05) is 6.07 Å². The third-order valence-corrected chi connectivity index (χ3v) is 3.95. The second-order valence-electron chi connectivity index (χ2n) is 5.62. The Morgan fingerprint density at radius 3 is 3.00 bits per heavy atom. The first kappa shape index (κ1) is 13.8. The number of nitrogens with two attached hydrogens (primary N) is 1. The molecule has 1 aromatic heterocycles. The zero-order valence-corrected chi connectivity index (χ0v) is 12.3. The van der Waals surface area contributed by atoms with Crippen molar-refractivity contribution in [1.82, 2.24) is 9.88 Å². The first-order chi connectivity index (χ1) is 10.1. The van der Waals surface area contributed by atoms with Gasteiger partial charge in [0.25, 0.3) is 5.91 Å². The monoisotopic (exact) mass is 285 g/mol. The molecule has 0 bridgehead atoms. The van der Waals surface area contributed by atoms with Crippen LogP contribution in [0, 0.1) is 6.92 Å². The van der Waals surface area contributed by atoms with Gasteiger partial charge in [0.1, 0.15) is 11.6 Å². The summed E-state index contributed by atoms with van der Waals surface area (Å²) >= 11 is 0. The lowest BCUT2D eigenvalue weighted by molar-refractivity contribution is 0.0993. The summed E-state index contributed by atoms with van der Waals surface area (Å²) in [5.41, 5.74) is 7.61. The number of likely N-dealkylation sites (N-methyl/N-ethyl adjacent to an activating group) is 1. The molecule has 1 aromatic carbocycles. The van der Waals surface area contributed by atoms with E-state index in [2.05, 4.69) is 16.9 Å². The topological polar surface area (TPSA) is 68.5 Å². The number of pyridine rings is 1. The molecule has 3 rings (SSSR count). The van der Waals surface area contributed by atoms with Crippen molar-refractivity contribution in [2.24, 2.45) is 5.73 Å². The minimum atomic E-state index is -0.480. The van der Waals surface area contributed by atoms with E-state index in [1.165, 1.54) is 0 Å². The van der Waals surface area contributed by atoms with Crippen LogP contribution >= 0.6 is 0 Å². The van der Waals surface area contributed by atoms with Crippen molar-refractivity contribution in [3.05, 3.63) is 35.5 Å². The molecule has 2 heterocycles. The summed E-state index contributed by atoms with van der Waals surface area (Å²) in [7, 11) is 2.06. The highest BCUT2D eigenvalue weighted by molar-refractivity contribution is 6.03. The van der Waals surface area contributed by atoms with Gasteiger partial charge in [-0.2, -0.15) is 0 Å². The molecule has 0 radical (unpaired) electrons. The maximum absolute atomic E-state index is 11.8. The van der Waals surface area contributed by atoms with E-state index in [0.717, 1.165) is 30.5 Å². The fourth-order valence-electron chi connectivity index (χ4n) is 2.85. The lowest BCUT2D eigenvalue weighted by atomic mass is 10.0. The molecule has 5 nitrogen and oxygen atoms in total. The Hall–Kier alpha value is -2.14. The molecule has 1 amide bonds. The van der Waals surface area contributed by atoms with Crippen molar-refractivity contribution in [1.29, 1.82) is 0 Å². The number of fused-ring (bicyclic) bond motifs is 1. The smallest absolute Gasteiger partial charge is 0.252 e. The molecule has 2 aromatic rings. The van der Waals surface area contributed by atoms with Crippen molar-refractivity contribution < 1.29 is 9.53 Å². The zero-order valence-electron chi connectivity index (χ0n) is 12.3.